The Kier molecular flexibility index (Phi) is 4.19. The second-order valence-electron chi connectivity index (χ2n) is 5.63. The summed E-state index contributed by atoms with van der Waals surface area (Å²) in [5.41, 5.74) is 6.58. The fraction of sp³-hybridized carbons (Fsp3) is 0.600. The number of nitrogens with two attached hydrogens (primary N) is 1. The Labute approximate surface area is 119 Å². The van der Waals surface area contributed by atoms with Crippen molar-refractivity contribution < 1.29 is 9.13 Å². The average Bonchev–Trinajstić information content (AvgIpc) is 2.82. The van der Waals surface area contributed by atoms with Crippen LogP contribution in [0.5, 0.6) is 5.75 Å². The van der Waals surface area contributed by atoms with Crippen molar-refractivity contribution in [2.75, 3.05) is 45.8 Å². The summed E-state index contributed by atoms with van der Waals surface area (Å²) in [5, 5.41) is 0. The van der Waals surface area contributed by atoms with Crippen molar-refractivity contribution in [1.29, 1.82) is 0 Å². The van der Waals surface area contributed by atoms with Gasteiger partial charge in [0.15, 0.2) is 0 Å². The van der Waals surface area contributed by atoms with Crippen LogP contribution in [0.4, 0.5) is 4.39 Å². The van der Waals surface area contributed by atoms with Gasteiger partial charge in [-0.05, 0) is 18.2 Å². The zero-order chi connectivity index (χ0) is 13.9. The molecule has 110 valence electrons. The topological polar surface area (TPSA) is 41.7 Å². The second-order valence-corrected chi connectivity index (χ2v) is 5.63. The molecule has 0 aromatic heterocycles. The molecule has 1 aromatic carbocycles. The minimum absolute atomic E-state index is 0.160. The predicted octanol–water partition coefficient (Wildman–Crippen LogP) is 0.706. The molecule has 2 N–H and O–H groups in total. The maximum Gasteiger partial charge on any atom is 0.123 e. The highest BCUT2D eigenvalue weighted by Gasteiger charge is 2.26. The molecule has 0 radical (unpaired) electrons. The molecular formula is C15H22FN3O. The van der Waals surface area contributed by atoms with Crippen molar-refractivity contribution in [3.63, 3.8) is 0 Å². The maximum absolute atomic E-state index is 13.2. The lowest BCUT2D eigenvalue weighted by Crippen LogP contribution is -2.50. The molecule has 0 spiro atoms. The molecule has 1 unspecified atom stereocenters. The number of benzene rings is 1. The van der Waals surface area contributed by atoms with E-state index >= 15 is 0 Å². The third-order valence-electron chi connectivity index (χ3n) is 4.14. The van der Waals surface area contributed by atoms with E-state index < -0.39 is 0 Å². The van der Waals surface area contributed by atoms with Gasteiger partial charge in [0.1, 0.15) is 17.7 Å². The lowest BCUT2D eigenvalue weighted by atomic mass is 10.1. The molecule has 2 aliphatic rings. The monoisotopic (exact) mass is 279 g/mol. The molecule has 3 rings (SSSR count). The van der Waals surface area contributed by atoms with Gasteiger partial charge in [-0.2, -0.15) is 0 Å². The first-order chi connectivity index (χ1) is 9.74. The minimum atomic E-state index is -0.177. The van der Waals surface area contributed by atoms with E-state index in [2.05, 4.69) is 9.80 Å². The number of piperazine rings is 1. The second kappa shape index (κ2) is 6.08. The SMILES string of the molecule is NCCN1CCN(CC2Cc3cc(F)ccc3O2)CC1. The van der Waals surface area contributed by atoms with E-state index in [0.29, 0.717) is 0 Å². The Bertz CT molecular complexity index is 460. The van der Waals surface area contributed by atoms with Crippen LogP contribution in [0.3, 0.4) is 0 Å². The van der Waals surface area contributed by atoms with Crippen LogP contribution in [-0.4, -0.2) is 61.7 Å². The molecule has 2 heterocycles. The maximum atomic E-state index is 13.2. The summed E-state index contributed by atoms with van der Waals surface area (Å²) in [6.07, 6.45) is 0.976. The Morgan fingerprint density at radius 2 is 1.95 bits per heavy atom. The first kappa shape index (κ1) is 13.8. The Morgan fingerprint density at radius 3 is 2.70 bits per heavy atom. The van der Waals surface area contributed by atoms with Gasteiger partial charge < -0.3 is 10.5 Å². The van der Waals surface area contributed by atoms with E-state index in [4.69, 9.17) is 10.5 Å². The Balaban J connectivity index is 1.49. The quantitative estimate of drug-likeness (QED) is 0.881. The summed E-state index contributed by atoms with van der Waals surface area (Å²) in [6, 6.07) is 4.80. The number of nitrogens with zero attached hydrogens (tertiary/aromatic N) is 2. The number of hydrogen-bond donors (Lipinski definition) is 1. The van der Waals surface area contributed by atoms with Crippen molar-refractivity contribution in [3.05, 3.63) is 29.6 Å². The first-order valence-electron chi connectivity index (χ1n) is 7.34. The third-order valence-corrected chi connectivity index (χ3v) is 4.14. The zero-order valence-corrected chi connectivity index (χ0v) is 11.7. The van der Waals surface area contributed by atoms with E-state index in [9.17, 15) is 4.39 Å². The van der Waals surface area contributed by atoms with Gasteiger partial charge >= 0.3 is 0 Å². The van der Waals surface area contributed by atoms with Crippen LogP contribution in [0.2, 0.25) is 0 Å². The largest absolute Gasteiger partial charge is 0.488 e. The van der Waals surface area contributed by atoms with Gasteiger partial charge in [0.05, 0.1) is 0 Å². The van der Waals surface area contributed by atoms with Crippen LogP contribution in [0.15, 0.2) is 18.2 Å². The number of ether oxygens (including phenoxy) is 1. The first-order valence-corrected chi connectivity index (χ1v) is 7.34. The van der Waals surface area contributed by atoms with E-state index in [1.807, 2.05) is 0 Å². The minimum Gasteiger partial charge on any atom is -0.488 e. The Morgan fingerprint density at radius 1 is 1.20 bits per heavy atom. The van der Waals surface area contributed by atoms with Gasteiger partial charge in [-0.3, -0.25) is 9.80 Å². The number of fused-ring (bicyclic) bond motifs is 1. The molecule has 4 nitrogen and oxygen atoms in total. The number of rotatable bonds is 4. The fourth-order valence-corrected chi connectivity index (χ4v) is 3.06. The lowest BCUT2D eigenvalue weighted by Gasteiger charge is -2.35. The smallest absolute Gasteiger partial charge is 0.123 e. The van der Waals surface area contributed by atoms with Crippen LogP contribution >= 0.6 is 0 Å². The summed E-state index contributed by atoms with van der Waals surface area (Å²) in [6.45, 7) is 6.91. The molecule has 1 fully saturated rings. The average molecular weight is 279 g/mol. The molecule has 1 aromatic rings. The highest BCUT2D eigenvalue weighted by molar-refractivity contribution is 5.37. The van der Waals surface area contributed by atoms with Crippen molar-refractivity contribution >= 4 is 0 Å². The van der Waals surface area contributed by atoms with Crippen molar-refractivity contribution in [2.24, 2.45) is 5.73 Å². The van der Waals surface area contributed by atoms with E-state index in [0.717, 1.165) is 63.5 Å². The third kappa shape index (κ3) is 3.11. The normalized spacial score (nSPS) is 23.6. The van der Waals surface area contributed by atoms with Crippen molar-refractivity contribution in [1.82, 2.24) is 9.80 Å². The molecule has 0 aliphatic carbocycles. The highest BCUT2D eigenvalue weighted by Crippen LogP contribution is 2.29. The molecule has 1 saturated heterocycles. The van der Waals surface area contributed by atoms with E-state index in [-0.39, 0.29) is 11.9 Å². The summed E-state index contributed by atoms with van der Waals surface area (Å²) in [4.78, 5) is 4.83. The lowest BCUT2D eigenvalue weighted by molar-refractivity contribution is 0.0938. The summed E-state index contributed by atoms with van der Waals surface area (Å²) in [5.74, 6) is 0.668. The molecule has 20 heavy (non-hydrogen) atoms. The van der Waals surface area contributed by atoms with Crippen LogP contribution in [0, 0.1) is 5.82 Å². The summed E-state index contributed by atoms with van der Waals surface area (Å²) in [7, 11) is 0. The highest BCUT2D eigenvalue weighted by atomic mass is 19.1. The number of hydrogen-bond acceptors (Lipinski definition) is 4. The van der Waals surface area contributed by atoms with Gasteiger partial charge in [0.2, 0.25) is 0 Å². The number of halogens is 1. The van der Waals surface area contributed by atoms with Gasteiger partial charge in [0, 0.05) is 57.8 Å². The van der Waals surface area contributed by atoms with E-state index in [1.54, 1.807) is 12.1 Å². The Hall–Kier alpha value is -1.17. The summed E-state index contributed by atoms with van der Waals surface area (Å²) >= 11 is 0. The molecular weight excluding hydrogens is 257 g/mol. The van der Waals surface area contributed by atoms with Crippen molar-refractivity contribution in [2.45, 2.75) is 12.5 Å². The standard InChI is InChI=1S/C15H22FN3O/c16-13-1-2-15-12(9-13)10-14(20-15)11-19-7-5-18(4-3-17)6-8-19/h1-2,9,14H,3-8,10-11,17H2. The molecule has 1 atom stereocenters. The summed E-state index contributed by atoms with van der Waals surface area (Å²) < 4.78 is 19.1. The van der Waals surface area contributed by atoms with Crippen molar-refractivity contribution in [3.8, 4) is 5.75 Å². The van der Waals surface area contributed by atoms with Crippen LogP contribution in [-0.2, 0) is 6.42 Å². The fourth-order valence-electron chi connectivity index (χ4n) is 3.06. The van der Waals surface area contributed by atoms with Crippen LogP contribution in [0.25, 0.3) is 0 Å². The molecule has 0 amide bonds. The van der Waals surface area contributed by atoms with Gasteiger partial charge in [0.25, 0.3) is 0 Å². The molecule has 2 aliphatic heterocycles. The van der Waals surface area contributed by atoms with Crippen LogP contribution < -0.4 is 10.5 Å². The molecule has 5 heteroatoms. The van der Waals surface area contributed by atoms with Gasteiger partial charge in [-0.1, -0.05) is 0 Å². The zero-order valence-electron chi connectivity index (χ0n) is 11.7. The van der Waals surface area contributed by atoms with Gasteiger partial charge in [-0.25, -0.2) is 4.39 Å². The van der Waals surface area contributed by atoms with Gasteiger partial charge in [-0.15, -0.1) is 0 Å². The molecule has 0 saturated carbocycles. The van der Waals surface area contributed by atoms with Crippen LogP contribution in [0.1, 0.15) is 5.56 Å². The van der Waals surface area contributed by atoms with E-state index in [1.165, 1.54) is 6.07 Å². The molecule has 0 bridgehead atoms. The predicted molar refractivity (Wildman–Crippen MR) is 76.5 cm³/mol.